The van der Waals surface area contributed by atoms with Gasteiger partial charge in [-0.25, -0.2) is 0 Å². The first kappa shape index (κ1) is 9.06. The molecule has 1 fully saturated rings. The highest BCUT2D eigenvalue weighted by molar-refractivity contribution is 6.29. The average Bonchev–Trinajstić information content (AvgIpc) is 2.53. The van der Waals surface area contributed by atoms with Crippen molar-refractivity contribution >= 4 is 11.6 Å². The van der Waals surface area contributed by atoms with E-state index in [-0.39, 0.29) is 0 Å². The van der Waals surface area contributed by atoms with Crippen molar-refractivity contribution in [3.63, 3.8) is 0 Å². The summed E-state index contributed by atoms with van der Waals surface area (Å²) in [5.74, 6) is 0. The average molecular weight is 200 g/mol. The number of hydrogen-bond donors (Lipinski definition) is 2. The number of aromatic nitrogens is 1. The molecule has 1 aromatic heterocycles. The number of piperazine rings is 1. The molecule has 1 aliphatic rings. The molecule has 2 heterocycles. The topological polar surface area (TPSA) is 31.1 Å². The molecule has 1 aromatic rings. The van der Waals surface area contributed by atoms with Gasteiger partial charge in [0.05, 0.1) is 0 Å². The van der Waals surface area contributed by atoms with Crippen LogP contribution in [0.5, 0.6) is 0 Å². The highest BCUT2D eigenvalue weighted by atomic mass is 35.5. The number of nitrogens with zero attached hydrogens (tertiary/aromatic N) is 1. The van der Waals surface area contributed by atoms with Gasteiger partial charge in [-0.15, -0.1) is 0 Å². The van der Waals surface area contributed by atoms with Crippen molar-refractivity contribution in [3.05, 3.63) is 23.0 Å². The summed E-state index contributed by atoms with van der Waals surface area (Å²) in [6, 6.07) is 1.99. The first-order valence-electron chi connectivity index (χ1n) is 4.60. The summed E-state index contributed by atoms with van der Waals surface area (Å²) < 4.78 is 0. The fraction of sp³-hybridized carbons (Fsp3) is 0.556. The van der Waals surface area contributed by atoms with E-state index >= 15 is 0 Å². The van der Waals surface area contributed by atoms with Crippen LogP contribution in [0.15, 0.2) is 12.3 Å². The summed E-state index contributed by atoms with van der Waals surface area (Å²) in [5, 5.41) is 4.06. The molecule has 0 radical (unpaired) electrons. The minimum absolute atomic E-state index is 0.727. The quantitative estimate of drug-likeness (QED) is 0.747. The monoisotopic (exact) mass is 199 g/mol. The maximum Gasteiger partial charge on any atom is 0.106 e. The molecule has 1 saturated heterocycles. The third kappa shape index (κ3) is 2.46. The highest BCUT2D eigenvalue weighted by Crippen LogP contribution is 2.11. The van der Waals surface area contributed by atoms with Gasteiger partial charge in [0, 0.05) is 38.9 Å². The predicted molar refractivity (Wildman–Crippen MR) is 53.9 cm³/mol. The first-order valence-corrected chi connectivity index (χ1v) is 4.98. The second-order valence-electron chi connectivity index (χ2n) is 3.38. The third-order valence-corrected chi connectivity index (χ3v) is 2.54. The Balaban J connectivity index is 1.89. The Morgan fingerprint density at radius 2 is 2.15 bits per heavy atom. The van der Waals surface area contributed by atoms with E-state index in [0.29, 0.717) is 0 Å². The largest absolute Gasteiger partial charge is 0.352 e. The Morgan fingerprint density at radius 1 is 1.38 bits per heavy atom. The molecule has 0 unspecified atom stereocenters. The van der Waals surface area contributed by atoms with Crippen LogP contribution < -0.4 is 5.32 Å². The van der Waals surface area contributed by atoms with Crippen LogP contribution in [0.3, 0.4) is 0 Å². The van der Waals surface area contributed by atoms with Crippen LogP contribution in [0.1, 0.15) is 5.56 Å². The van der Waals surface area contributed by atoms with Gasteiger partial charge < -0.3 is 10.3 Å². The molecule has 4 heteroatoms. The molecule has 72 valence electrons. The lowest BCUT2D eigenvalue weighted by Crippen LogP contribution is -2.42. The molecule has 0 aliphatic carbocycles. The molecule has 0 amide bonds. The minimum Gasteiger partial charge on any atom is -0.352 e. The summed E-state index contributed by atoms with van der Waals surface area (Å²) in [4.78, 5) is 5.41. The van der Waals surface area contributed by atoms with Crippen LogP contribution in [-0.4, -0.2) is 36.1 Å². The van der Waals surface area contributed by atoms with Crippen molar-refractivity contribution in [2.75, 3.05) is 26.2 Å². The zero-order valence-electron chi connectivity index (χ0n) is 7.52. The number of halogens is 1. The van der Waals surface area contributed by atoms with E-state index in [1.54, 1.807) is 0 Å². The van der Waals surface area contributed by atoms with Crippen LogP contribution in [0.2, 0.25) is 5.15 Å². The predicted octanol–water partition coefficient (Wildman–Crippen LogP) is 1.07. The number of rotatable bonds is 2. The van der Waals surface area contributed by atoms with Gasteiger partial charge in [0.15, 0.2) is 0 Å². The van der Waals surface area contributed by atoms with Gasteiger partial charge in [0.25, 0.3) is 0 Å². The third-order valence-electron chi connectivity index (χ3n) is 2.32. The summed E-state index contributed by atoms with van der Waals surface area (Å²) in [6.45, 7) is 5.45. The van der Waals surface area contributed by atoms with Gasteiger partial charge in [-0.1, -0.05) is 11.6 Å². The molecule has 0 aromatic carbocycles. The van der Waals surface area contributed by atoms with Gasteiger partial charge in [-0.3, -0.25) is 4.90 Å². The fourth-order valence-electron chi connectivity index (χ4n) is 1.63. The molecular weight excluding hydrogens is 186 g/mol. The fourth-order valence-corrected chi connectivity index (χ4v) is 1.82. The second-order valence-corrected chi connectivity index (χ2v) is 3.79. The van der Waals surface area contributed by atoms with Gasteiger partial charge in [0.2, 0.25) is 0 Å². The van der Waals surface area contributed by atoms with E-state index in [0.717, 1.165) is 37.9 Å². The van der Waals surface area contributed by atoms with Crippen molar-refractivity contribution in [2.24, 2.45) is 0 Å². The van der Waals surface area contributed by atoms with Crippen molar-refractivity contribution in [2.45, 2.75) is 6.54 Å². The maximum atomic E-state index is 5.79. The van der Waals surface area contributed by atoms with E-state index < -0.39 is 0 Å². The van der Waals surface area contributed by atoms with Gasteiger partial charge in [-0.2, -0.15) is 0 Å². The normalized spacial score (nSPS) is 19.2. The molecule has 0 atom stereocenters. The lowest BCUT2D eigenvalue weighted by Gasteiger charge is -2.26. The van der Waals surface area contributed by atoms with Crippen LogP contribution >= 0.6 is 11.6 Å². The van der Waals surface area contributed by atoms with Crippen molar-refractivity contribution in [3.8, 4) is 0 Å². The molecule has 0 saturated carbocycles. The Bertz CT molecular complexity index is 266. The summed E-state index contributed by atoms with van der Waals surface area (Å²) in [5.41, 5.74) is 1.27. The zero-order chi connectivity index (χ0) is 9.10. The second kappa shape index (κ2) is 4.13. The van der Waals surface area contributed by atoms with Crippen LogP contribution in [0, 0.1) is 0 Å². The Kier molecular flexibility index (Phi) is 2.88. The maximum absolute atomic E-state index is 5.79. The van der Waals surface area contributed by atoms with Crippen molar-refractivity contribution < 1.29 is 0 Å². The van der Waals surface area contributed by atoms with Gasteiger partial charge in [-0.05, 0) is 11.6 Å². The number of nitrogens with one attached hydrogen (secondary N) is 2. The number of aromatic amines is 1. The zero-order valence-corrected chi connectivity index (χ0v) is 8.27. The van der Waals surface area contributed by atoms with E-state index in [1.807, 2.05) is 12.3 Å². The number of hydrogen-bond acceptors (Lipinski definition) is 2. The van der Waals surface area contributed by atoms with E-state index in [2.05, 4.69) is 15.2 Å². The van der Waals surface area contributed by atoms with Gasteiger partial charge >= 0.3 is 0 Å². The standard InChI is InChI=1S/C9H14ClN3/c10-9-5-8(6-12-9)7-13-3-1-11-2-4-13/h5-6,11-12H,1-4,7H2. The summed E-state index contributed by atoms with van der Waals surface area (Å²) >= 11 is 5.79. The lowest BCUT2D eigenvalue weighted by molar-refractivity contribution is 0.233. The van der Waals surface area contributed by atoms with Crippen LogP contribution in [0.25, 0.3) is 0 Å². The van der Waals surface area contributed by atoms with E-state index in [9.17, 15) is 0 Å². The smallest absolute Gasteiger partial charge is 0.106 e. The minimum atomic E-state index is 0.727. The van der Waals surface area contributed by atoms with Crippen LogP contribution in [-0.2, 0) is 6.54 Å². The van der Waals surface area contributed by atoms with Crippen LogP contribution in [0.4, 0.5) is 0 Å². The molecule has 0 bridgehead atoms. The van der Waals surface area contributed by atoms with Crippen molar-refractivity contribution in [1.29, 1.82) is 0 Å². The highest BCUT2D eigenvalue weighted by Gasteiger charge is 2.10. The first-order chi connectivity index (χ1) is 6.34. The van der Waals surface area contributed by atoms with E-state index in [1.165, 1.54) is 5.56 Å². The van der Waals surface area contributed by atoms with Gasteiger partial charge in [0.1, 0.15) is 5.15 Å². The van der Waals surface area contributed by atoms with Crippen molar-refractivity contribution in [1.82, 2.24) is 15.2 Å². The summed E-state index contributed by atoms with van der Waals surface area (Å²) in [7, 11) is 0. The molecular formula is C9H14ClN3. The molecule has 2 rings (SSSR count). The Labute approximate surface area is 83.1 Å². The molecule has 13 heavy (non-hydrogen) atoms. The molecule has 2 N–H and O–H groups in total. The van der Waals surface area contributed by atoms with E-state index in [4.69, 9.17) is 11.6 Å². The molecule has 1 aliphatic heterocycles. The SMILES string of the molecule is Clc1cc(CN2CCNCC2)c[nH]1. The Morgan fingerprint density at radius 3 is 2.77 bits per heavy atom. The molecule has 3 nitrogen and oxygen atoms in total. The number of H-pyrrole nitrogens is 1. The summed E-state index contributed by atoms with van der Waals surface area (Å²) in [6.07, 6.45) is 1.98. The Hall–Kier alpha value is -0.510. The molecule has 0 spiro atoms. The lowest BCUT2D eigenvalue weighted by atomic mass is 10.3.